The Labute approximate surface area is 125 Å². The lowest BCUT2D eigenvalue weighted by Gasteiger charge is -2.27. The van der Waals surface area contributed by atoms with Gasteiger partial charge in [0, 0.05) is 19.6 Å². The van der Waals surface area contributed by atoms with E-state index in [1.165, 1.54) is 0 Å². The molecule has 0 radical (unpaired) electrons. The van der Waals surface area contributed by atoms with Crippen molar-refractivity contribution in [3.8, 4) is 0 Å². The number of amides is 1. The number of carbonyl (C=O) groups is 1. The number of rotatable bonds is 4. The van der Waals surface area contributed by atoms with E-state index >= 15 is 0 Å². The van der Waals surface area contributed by atoms with Gasteiger partial charge in [-0.25, -0.2) is 0 Å². The summed E-state index contributed by atoms with van der Waals surface area (Å²) in [5.41, 5.74) is 1.09. The monoisotopic (exact) mass is 300 g/mol. The van der Waals surface area contributed by atoms with Crippen LogP contribution in [0.25, 0.3) is 0 Å². The van der Waals surface area contributed by atoms with Crippen LogP contribution in [-0.2, 0) is 4.79 Å². The molecule has 0 saturated carbocycles. The summed E-state index contributed by atoms with van der Waals surface area (Å²) in [6, 6.07) is 10.4. The maximum absolute atomic E-state index is 12.5. The lowest BCUT2D eigenvalue weighted by atomic mass is 10.1. The molecule has 1 amide bonds. The molecule has 0 spiro atoms. The van der Waals surface area contributed by atoms with Gasteiger partial charge in [-0.1, -0.05) is 30.3 Å². The second-order valence-corrected chi connectivity index (χ2v) is 5.57. The maximum Gasteiger partial charge on any atom is 0.240 e. The van der Waals surface area contributed by atoms with Crippen LogP contribution >= 0.6 is 24.2 Å². The first-order chi connectivity index (χ1) is 8.74. The van der Waals surface area contributed by atoms with E-state index in [1.54, 1.807) is 11.8 Å². The molecule has 19 heavy (non-hydrogen) atoms. The molecule has 5 heteroatoms. The average molecular weight is 301 g/mol. The molecule has 1 saturated heterocycles. The van der Waals surface area contributed by atoms with Gasteiger partial charge in [0.15, 0.2) is 0 Å². The molecule has 1 aromatic carbocycles. The summed E-state index contributed by atoms with van der Waals surface area (Å²) in [7, 11) is 1.92. The number of likely N-dealkylation sites (N-methyl/N-ethyl adjacent to an activating group) is 1. The number of benzene rings is 1. The molecule has 1 aliphatic heterocycles. The molecule has 0 aliphatic carbocycles. The van der Waals surface area contributed by atoms with Crippen LogP contribution in [0.4, 0.5) is 0 Å². The van der Waals surface area contributed by atoms with Crippen LogP contribution in [0.15, 0.2) is 30.3 Å². The van der Waals surface area contributed by atoms with Crippen molar-refractivity contribution in [3.05, 3.63) is 35.9 Å². The Hall–Kier alpha value is -0.710. The van der Waals surface area contributed by atoms with Crippen molar-refractivity contribution in [1.82, 2.24) is 10.2 Å². The van der Waals surface area contributed by atoms with Crippen LogP contribution in [0.5, 0.6) is 0 Å². The topological polar surface area (TPSA) is 32.3 Å². The molecule has 2 unspecified atom stereocenters. The zero-order valence-corrected chi connectivity index (χ0v) is 13.0. The molecule has 106 valence electrons. The number of hydrogen-bond donors (Lipinski definition) is 1. The number of nitrogens with one attached hydrogen (secondary N) is 1. The lowest BCUT2D eigenvalue weighted by Crippen LogP contribution is -2.40. The smallest absolute Gasteiger partial charge is 0.240 e. The lowest BCUT2D eigenvalue weighted by molar-refractivity contribution is -0.131. The van der Waals surface area contributed by atoms with Gasteiger partial charge in [-0.05, 0) is 24.8 Å². The predicted molar refractivity (Wildman–Crippen MR) is 84.0 cm³/mol. The van der Waals surface area contributed by atoms with Crippen molar-refractivity contribution in [2.75, 3.05) is 26.4 Å². The highest BCUT2D eigenvalue weighted by Gasteiger charge is 2.28. The van der Waals surface area contributed by atoms with Crippen LogP contribution in [-0.4, -0.2) is 43.2 Å². The number of hydrogen-bond acceptors (Lipinski definition) is 3. The highest BCUT2D eigenvalue weighted by molar-refractivity contribution is 7.99. The van der Waals surface area contributed by atoms with Crippen molar-refractivity contribution >= 4 is 30.1 Å². The van der Waals surface area contributed by atoms with Crippen molar-refractivity contribution < 1.29 is 4.79 Å². The summed E-state index contributed by atoms with van der Waals surface area (Å²) >= 11 is 1.61. The average Bonchev–Trinajstić information content (AvgIpc) is 2.94. The predicted octanol–water partition coefficient (Wildman–Crippen LogP) is 2.33. The van der Waals surface area contributed by atoms with E-state index in [2.05, 4.69) is 5.32 Å². The van der Waals surface area contributed by atoms with E-state index in [9.17, 15) is 4.79 Å². The molecule has 1 N–H and O–H groups in total. The van der Waals surface area contributed by atoms with Gasteiger partial charge in [-0.3, -0.25) is 4.79 Å². The van der Waals surface area contributed by atoms with Crippen molar-refractivity contribution in [1.29, 1.82) is 0 Å². The van der Waals surface area contributed by atoms with Crippen LogP contribution < -0.4 is 5.32 Å². The van der Waals surface area contributed by atoms with Gasteiger partial charge < -0.3 is 10.2 Å². The Bertz CT molecular complexity index is 396. The second-order valence-electron chi connectivity index (χ2n) is 4.62. The molecule has 3 nitrogen and oxygen atoms in total. The Morgan fingerprint density at radius 2 is 2.11 bits per heavy atom. The molecule has 2 rings (SSSR count). The Morgan fingerprint density at radius 3 is 2.63 bits per heavy atom. The molecule has 0 aromatic heterocycles. The van der Waals surface area contributed by atoms with E-state index < -0.39 is 0 Å². The van der Waals surface area contributed by atoms with Gasteiger partial charge in [-0.15, -0.1) is 24.2 Å². The second kappa shape index (κ2) is 7.78. The van der Waals surface area contributed by atoms with Crippen LogP contribution in [0.3, 0.4) is 0 Å². The van der Waals surface area contributed by atoms with Crippen LogP contribution in [0.2, 0.25) is 0 Å². The molecule has 1 aliphatic rings. The Morgan fingerprint density at radius 1 is 1.42 bits per heavy atom. The van der Waals surface area contributed by atoms with Crippen molar-refractivity contribution in [2.24, 2.45) is 0 Å². The fourth-order valence-electron chi connectivity index (χ4n) is 2.34. The van der Waals surface area contributed by atoms with Crippen molar-refractivity contribution in [3.63, 3.8) is 0 Å². The zero-order chi connectivity index (χ0) is 13.0. The van der Waals surface area contributed by atoms with Gasteiger partial charge in [0.2, 0.25) is 5.91 Å². The summed E-state index contributed by atoms with van der Waals surface area (Å²) in [5, 5.41) is 3.22. The Balaban J connectivity index is 0.00000180. The first-order valence-electron chi connectivity index (χ1n) is 6.29. The summed E-state index contributed by atoms with van der Waals surface area (Å²) in [4.78, 5) is 14.4. The van der Waals surface area contributed by atoms with E-state index in [1.807, 2.05) is 48.5 Å². The molecule has 1 aromatic rings. The summed E-state index contributed by atoms with van der Waals surface area (Å²) < 4.78 is 0. The van der Waals surface area contributed by atoms with Crippen LogP contribution in [0, 0.1) is 0 Å². The number of nitrogens with zero attached hydrogens (tertiary/aromatic N) is 1. The van der Waals surface area contributed by atoms with E-state index in [4.69, 9.17) is 0 Å². The van der Waals surface area contributed by atoms with E-state index in [-0.39, 0.29) is 23.6 Å². The van der Waals surface area contributed by atoms with E-state index in [0.29, 0.717) is 6.04 Å². The highest BCUT2D eigenvalue weighted by atomic mass is 35.5. The van der Waals surface area contributed by atoms with Crippen LogP contribution in [0.1, 0.15) is 17.2 Å². The number of thioether (sulfide) groups is 1. The molecule has 0 bridgehead atoms. The van der Waals surface area contributed by atoms with Gasteiger partial charge in [0.25, 0.3) is 0 Å². The molecule has 1 heterocycles. The minimum Gasteiger partial charge on any atom is -0.340 e. The van der Waals surface area contributed by atoms with Crippen molar-refractivity contribution in [2.45, 2.75) is 17.7 Å². The van der Waals surface area contributed by atoms with Gasteiger partial charge in [-0.2, -0.15) is 0 Å². The fourth-order valence-corrected chi connectivity index (χ4v) is 3.14. The molecule has 2 atom stereocenters. The molecular weight excluding hydrogens is 280 g/mol. The Kier molecular flexibility index (Phi) is 6.69. The fraction of sp³-hybridized carbons (Fsp3) is 0.500. The number of halogens is 1. The summed E-state index contributed by atoms with van der Waals surface area (Å²) in [5.74, 6) is 0.211. The summed E-state index contributed by atoms with van der Waals surface area (Å²) in [6.45, 7) is 1.93. The first-order valence-corrected chi connectivity index (χ1v) is 7.58. The third kappa shape index (κ3) is 3.88. The van der Waals surface area contributed by atoms with E-state index in [0.717, 1.165) is 25.1 Å². The quantitative estimate of drug-likeness (QED) is 0.926. The minimum absolute atomic E-state index is 0. The SMILES string of the molecule is CSC(C(=O)N(C)C1CCNC1)c1ccccc1.Cl. The first kappa shape index (κ1) is 16.3. The van der Waals surface area contributed by atoms with Gasteiger partial charge in [0.05, 0.1) is 0 Å². The molecule has 1 fully saturated rings. The van der Waals surface area contributed by atoms with Gasteiger partial charge >= 0.3 is 0 Å². The highest BCUT2D eigenvalue weighted by Crippen LogP contribution is 2.29. The van der Waals surface area contributed by atoms with Gasteiger partial charge in [0.1, 0.15) is 5.25 Å². The normalized spacial score (nSPS) is 19.6. The zero-order valence-electron chi connectivity index (χ0n) is 11.3. The minimum atomic E-state index is -0.0863. The number of carbonyl (C=O) groups excluding carboxylic acids is 1. The molecular formula is C14H21ClN2OS. The standard InChI is InChI=1S/C14H20N2OS.ClH/c1-16(12-8-9-15-10-12)14(17)13(18-2)11-6-4-3-5-7-11;/h3-7,12-13,15H,8-10H2,1-2H3;1H. The third-order valence-corrected chi connectivity index (χ3v) is 4.44. The largest absolute Gasteiger partial charge is 0.340 e. The summed E-state index contributed by atoms with van der Waals surface area (Å²) in [6.07, 6.45) is 3.05. The third-order valence-electron chi connectivity index (χ3n) is 3.49. The maximum atomic E-state index is 12.5.